The van der Waals surface area contributed by atoms with Crippen molar-refractivity contribution >= 4 is 27.1 Å². The highest BCUT2D eigenvalue weighted by atomic mass is 35.5. The summed E-state index contributed by atoms with van der Waals surface area (Å²) in [6.45, 7) is 3.86. The number of anilines is 1. The second-order valence-corrected chi connectivity index (χ2v) is 6.39. The molecule has 3 nitrogen and oxygen atoms in total. The van der Waals surface area contributed by atoms with Crippen molar-refractivity contribution in [2.75, 3.05) is 11.5 Å². The van der Waals surface area contributed by atoms with E-state index < -0.39 is 9.84 Å². The van der Waals surface area contributed by atoms with Gasteiger partial charge in [0.05, 0.1) is 15.7 Å². The van der Waals surface area contributed by atoms with Gasteiger partial charge >= 0.3 is 0 Å². The van der Waals surface area contributed by atoms with Gasteiger partial charge in [0.2, 0.25) is 0 Å². The van der Waals surface area contributed by atoms with Crippen LogP contribution < -0.4 is 5.73 Å². The Balaban J connectivity index is 3.12. The standard InChI is InChI=1S/C11H16ClNO2S/c1-3-8(2)7-16(14,15)11-6-9(13)4-5-10(11)12/h4-6,8H,3,7,13H2,1-2H3. The Hall–Kier alpha value is -0.740. The number of hydrogen-bond acceptors (Lipinski definition) is 3. The molecule has 2 N–H and O–H groups in total. The van der Waals surface area contributed by atoms with Crippen molar-refractivity contribution in [2.24, 2.45) is 5.92 Å². The molecule has 0 aliphatic carbocycles. The molecular formula is C11H16ClNO2S. The van der Waals surface area contributed by atoms with Gasteiger partial charge in [0.1, 0.15) is 0 Å². The first-order valence-corrected chi connectivity index (χ1v) is 7.17. The van der Waals surface area contributed by atoms with Crippen LogP contribution >= 0.6 is 11.6 Å². The molecule has 0 fully saturated rings. The number of sulfone groups is 1. The van der Waals surface area contributed by atoms with Crippen LogP contribution in [0.3, 0.4) is 0 Å². The third kappa shape index (κ3) is 3.12. The molecule has 1 aromatic carbocycles. The maximum absolute atomic E-state index is 12.0. The van der Waals surface area contributed by atoms with Crippen LogP contribution in [0.15, 0.2) is 23.1 Å². The van der Waals surface area contributed by atoms with Crippen LogP contribution in [0.25, 0.3) is 0 Å². The van der Waals surface area contributed by atoms with E-state index in [1.807, 2.05) is 13.8 Å². The van der Waals surface area contributed by atoms with E-state index in [1.54, 1.807) is 6.07 Å². The molecule has 1 atom stereocenters. The lowest BCUT2D eigenvalue weighted by molar-refractivity contribution is 0.564. The van der Waals surface area contributed by atoms with Gasteiger partial charge in [-0.2, -0.15) is 0 Å². The number of benzene rings is 1. The summed E-state index contributed by atoms with van der Waals surface area (Å²) in [7, 11) is -3.34. The normalized spacial score (nSPS) is 13.7. The summed E-state index contributed by atoms with van der Waals surface area (Å²) in [5.74, 6) is 0.217. The molecule has 0 spiro atoms. The van der Waals surface area contributed by atoms with E-state index >= 15 is 0 Å². The summed E-state index contributed by atoms with van der Waals surface area (Å²) in [5.41, 5.74) is 5.97. The third-order valence-corrected chi connectivity index (χ3v) is 4.95. The highest BCUT2D eigenvalue weighted by molar-refractivity contribution is 7.91. The SMILES string of the molecule is CCC(C)CS(=O)(=O)c1cc(N)ccc1Cl. The van der Waals surface area contributed by atoms with Crippen LogP contribution in [0.5, 0.6) is 0 Å². The van der Waals surface area contributed by atoms with E-state index in [4.69, 9.17) is 17.3 Å². The Bertz CT molecular complexity index is 471. The molecule has 5 heteroatoms. The second-order valence-electron chi connectivity index (χ2n) is 3.98. The van der Waals surface area contributed by atoms with Gasteiger partial charge in [-0.25, -0.2) is 8.42 Å². The maximum atomic E-state index is 12.0. The molecule has 0 aliphatic heterocycles. The zero-order valence-electron chi connectivity index (χ0n) is 9.40. The fourth-order valence-corrected chi connectivity index (χ4v) is 3.66. The molecule has 1 unspecified atom stereocenters. The summed E-state index contributed by atoms with van der Waals surface area (Å²) in [6, 6.07) is 4.52. The van der Waals surface area contributed by atoms with Crippen molar-refractivity contribution < 1.29 is 8.42 Å². The molecule has 0 saturated heterocycles. The fourth-order valence-electron chi connectivity index (χ4n) is 1.34. The molecule has 0 bridgehead atoms. The lowest BCUT2D eigenvalue weighted by Gasteiger charge is -2.11. The molecule has 1 rings (SSSR count). The first-order chi connectivity index (χ1) is 7.36. The Morgan fingerprint density at radius 2 is 2.06 bits per heavy atom. The van der Waals surface area contributed by atoms with Crippen molar-refractivity contribution in [3.8, 4) is 0 Å². The minimum atomic E-state index is -3.34. The Kier molecular flexibility index (Phi) is 4.21. The van der Waals surface area contributed by atoms with E-state index in [0.717, 1.165) is 6.42 Å². The first-order valence-electron chi connectivity index (χ1n) is 5.14. The van der Waals surface area contributed by atoms with E-state index in [0.29, 0.717) is 5.69 Å². The summed E-state index contributed by atoms with van der Waals surface area (Å²) in [6.07, 6.45) is 0.819. The molecule has 1 aromatic rings. The lowest BCUT2D eigenvalue weighted by atomic mass is 10.2. The van der Waals surface area contributed by atoms with Crippen molar-refractivity contribution in [3.63, 3.8) is 0 Å². The number of nitrogens with two attached hydrogens (primary N) is 1. The zero-order valence-corrected chi connectivity index (χ0v) is 11.0. The smallest absolute Gasteiger partial charge is 0.180 e. The quantitative estimate of drug-likeness (QED) is 0.848. The second kappa shape index (κ2) is 5.06. The summed E-state index contributed by atoms with van der Waals surface area (Å²) >= 11 is 5.87. The molecule has 0 heterocycles. The molecular weight excluding hydrogens is 246 g/mol. The van der Waals surface area contributed by atoms with Gasteiger partial charge in [-0.1, -0.05) is 31.9 Å². The zero-order chi connectivity index (χ0) is 12.3. The van der Waals surface area contributed by atoms with E-state index in [1.165, 1.54) is 12.1 Å². The number of halogens is 1. The van der Waals surface area contributed by atoms with Gasteiger partial charge in [0.15, 0.2) is 9.84 Å². The molecule has 0 radical (unpaired) electrons. The van der Waals surface area contributed by atoms with Gasteiger partial charge in [-0.3, -0.25) is 0 Å². The first kappa shape index (κ1) is 13.3. The molecule has 0 saturated carbocycles. The minimum Gasteiger partial charge on any atom is -0.399 e. The van der Waals surface area contributed by atoms with Gasteiger partial charge in [0.25, 0.3) is 0 Å². The van der Waals surface area contributed by atoms with Crippen LogP contribution in [0.4, 0.5) is 5.69 Å². The summed E-state index contributed by atoms with van der Waals surface area (Å²) in [5, 5.41) is 0.234. The van der Waals surface area contributed by atoms with Crippen LogP contribution in [-0.2, 0) is 9.84 Å². The van der Waals surface area contributed by atoms with Gasteiger partial charge in [-0.15, -0.1) is 0 Å². The molecule has 90 valence electrons. The van der Waals surface area contributed by atoms with E-state index in [2.05, 4.69) is 0 Å². The van der Waals surface area contributed by atoms with Gasteiger partial charge in [0, 0.05) is 5.69 Å². The van der Waals surface area contributed by atoms with E-state index in [9.17, 15) is 8.42 Å². The lowest BCUT2D eigenvalue weighted by Crippen LogP contribution is -2.14. The van der Waals surface area contributed by atoms with Crippen molar-refractivity contribution in [1.29, 1.82) is 0 Å². The largest absolute Gasteiger partial charge is 0.399 e. The van der Waals surface area contributed by atoms with Crippen LogP contribution in [0.1, 0.15) is 20.3 Å². The van der Waals surface area contributed by atoms with Crippen LogP contribution in [0.2, 0.25) is 5.02 Å². The Morgan fingerprint density at radius 1 is 1.44 bits per heavy atom. The number of hydrogen-bond donors (Lipinski definition) is 1. The van der Waals surface area contributed by atoms with Gasteiger partial charge in [-0.05, 0) is 24.1 Å². The predicted octanol–water partition coefficient (Wildman–Crippen LogP) is 2.74. The predicted molar refractivity (Wildman–Crippen MR) is 67.4 cm³/mol. The summed E-state index contributed by atoms with van der Waals surface area (Å²) in [4.78, 5) is 0.134. The molecule has 16 heavy (non-hydrogen) atoms. The number of rotatable bonds is 4. The van der Waals surface area contributed by atoms with Crippen molar-refractivity contribution in [1.82, 2.24) is 0 Å². The average molecular weight is 262 g/mol. The molecule has 0 aliphatic rings. The third-order valence-electron chi connectivity index (χ3n) is 2.49. The maximum Gasteiger partial charge on any atom is 0.180 e. The average Bonchev–Trinajstić information content (AvgIpc) is 2.20. The van der Waals surface area contributed by atoms with E-state index in [-0.39, 0.29) is 21.6 Å². The fraction of sp³-hybridized carbons (Fsp3) is 0.455. The Labute approximate surface area is 102 Å². The highest BCUT2D eigenvalue weighted by Crippen LogP contribution is 2.26. The van der Waals surface area contributed by atoms with Crippen LogP contribution in [-0.4, -0.2) is 14.2 Å². The summed E-state index contributed by atoms with van der Waals surface area (Å²) < 4.78 is 24.1. The minimum absolute atomic E-state index is 0.104. The van der Waals surface area contributed by atoms with Gasteiger partial charge < -0.3 is 5.73 Å². The Morgan fingerprint density at radius 3 is 2.62 bits per heavy atom. The topological polar surface area (TPSA) is 60.2 Å². The number of nitrogen functional groups attached to an aromatic ring is 1. The molecule has 0 amide bonds. The highest BCUT2D eigenvalue weighted by Gasteiger charge is 2.20. The molecule has 0 aromatic heterocycles. The van der Waals surface area contributed by atoms with Crippen molar-refractivity contribution in [2.45, 2.75) is 25.2 Å². The monoisotopic (exact) mass is 261 g/mol. The van der Waals surface area contributed by atoms with Crippen LogP contribution in [0, 0.1) is 5.92 Å². The van der Waals surface area contributed by atoms with Crippen molar-refractivity contribution in [3.05, 3.63) is 23.2 Å².